The summed E-state index contributed by atoms with van der Waals surface area (Å²) in [5.41, 5.74) is 1.32. The van der Waals surface area contributed by atoms with E-state index in [9.17, 15) is 8.78 Å². The van der Waals surface area contributed by atoms with Gasteiger partial charge in [-0.1, -0.05) is 26.8 Å². The molecule has 0 N–H and O–H groups in total. The third-order valence-corrected chi connectivity index (χ3v) is 2.17. The topological polar surface area (TPSA) is 0 Å². The Bertz CT molecular complexity index is 303. The Balaban J connectivity index is 3.22. The number of hydrogen-bond donors (Lipinski definition) is 0. The van der Waals surface area contributed by atoms with Crippen molar-refractivity contribution in [2.75, 3.05) is 0 Å². The van der Waals surface area contributed by atoms with Crippen molar-refractivity contribution in [1.29, 1.82) is 0 Å². The molecule has 0 bridgehead atoms. The predicted octanol–water partition coefficient (Wildman–Crippen LogP) is 3.65. The number of halogens is 2. The van der Waals surface area contributed by atoms with Gasteiger partial charge in [0.2, 0.25) is 0 Å². The molecule has 0 amide bonds. The van der Waals surface area contributed by atoms with Gasteiger partial charge in [0.25, 0.3) is 0 Å². The first kappa shape index (κ1) is 10.2. The first-order chi connectivity index (χ1) is 6.06. The average molecular weight is 184 g/mol. The molecule has 0 saturated heterocycles. The first-order valence-electron chi connectivity index (χ1n) is 4.54. The number of benzene rings is 1. The molecule has 0 radical (unpaired) electrons. The number of aryl methyl sites for hydroxylation is 1. The van der Waals surface area contributed by atoms with E-state index in [0.29, 0.717) is 12.0 Å². The molecule has 0 atom stereocenters. The molecular weight excluding hydrogens is 170 g/mol. The lowest BCUT2D eigenvalue weighted by Crippen LogP contribution is -1.97. The van der Waals surface area contributed by atoms with Crippen molar-refractivity contribution in [3.05, 3.63) is 34.9 Å². The second-order valence-electron chi connectivity index (χ2n) is 3.48. The van der Waals surface area contributed by atoms with Crippen molar-refractivity contribution in [1.82, 2.24) is 0 Å². The molecule has 0 heterocycles. The SMILES string of the molecule is CCc1cc(C(C)C)cc(F)c1F. The fraction of sp³-hybridized carbons (Fsp3) is 0.455. The van der Waals surface area contributed by atoms with Gasteiger partial charge in [0.05, 0.1) is 0 Å². The lowest BCUT2D eigenvalue weighted by Gasteiger charge is -2.08. The van der Waals surface area contributed by atoms with Gasteiger partial charge < -0.3 is 0 Å². The van der Waals surface area contributed by atoms with Crippen molar-refractivity contribution in [3.63, 3.8) is 0 Å². The summed E-state index contributed by atoms with van der Waals surface area (Å²) < 4.78 is 26.1. The van der Waals surface area contributed by atoms with E-state index in [1.54, 1.807) is 6.07 Å². The zero-order valence-corrected chi connectivity index (χ0v) is 8.20. The molecular formula is C11H14F2. The summed E-state index contributed by atoms with van der Waals surface area (Å²) in [6.07, 6.45) is 0.531. The summed E-state index contributed by atoms with van der Waals surface area (Å²) in [4.78, 5) is 0. The van der Waals surface area contributed by atoms with Gasteiger partial charge in [-0.2, -0.15) is 0 Å². The molecule has 1 aromatic rings. The van der Waals surface area contributed by atoms with Crippen LogP contribution in [0.15, 0.2) is 12.1 Å². The smallest absolute Gasteiger partial charge is 0.162 e. The van der Waals surface area contributed by atoms with Gasteiger partial charge in [-0.3, -0.25) is 0 Å². The van der Waals surface area contributed by atoms with Crippen LogP contribution >= 0.6 is 0 Å². The Hall–Kier alpha value is -0.920. The molecule has 2 heteroatoms. The van der Waals surface area contributed by atoms with Crippen LogP contribution in [0.2, 0.25) is 0 Å². The number of rotatable bonds is 2. The summed E-state index contributed by atoms with van der Waals surface area (Å²) in [6, 6.07) is 3.02. The maximum absolute atomic E-state index is 13.1. The highest BCUT2D eigenvalue weighted by molar-refractivity contribution is 5.28. The van der Waals surface area contributed by atoms with Crippen LogP contribution < -0.4 is 0 Å². The standard InChI is InChI=1S/C11H14F2/c1-4-8-5-9(7(2)3)6-10(12)11(8)13/h5-7H,4H2,1-3H3. The van der Waals surface area contributed by atoms with E-state index in [1.807, 2.05) is 20.8 Å². The molecule has 0 unspecified atom stereocenters. The van der Waals surface area contributed by atoms with Crippen LogP contribution in [0.1, 0.15) is 37.8 Å². The molecule has 0 aliphatic heterocycles. The molecule has 0 saturated carbocycles. The third-order valence-electron chi connectivity index (χ3n) is 2.17. The quantitative estimate of drug-likeness (QED) is 0.658. The molecule has 0 fully saturated rings. The van der Waals surface area contributed by atoms with E-state index in [2.05, 4.69) is 0 Å². The number of hydrogen-bond acceptors (Lipinski definition) is 0. The maximum Gasteiger partial charge on any atom is 0.162 e. The van der Waals surface area contributed by atoms with Gasteiger partial charge in [0.15, 0.2) is 11.6 Å². The van der Waals surface area contributed by atoms with Crippen LogP contribution in [0, 0.1) is 11.6 Å². The molecule has 1 rings (SSSR count). The van der Waals surface area contributed by atoms with Gasteiger partial charge in [-0.15, -0.1) is 0 Å². The van der Waals surface area contributed by atoms with Gasteiger partial charge in [-0.05, 0) is 29.5 Å². The molecule has 13 heavy (non-hydrogen) atoms. The van der Waals surface area contributed by atoms with Crippen LogP contribution in [0.3, 0.4) is 0 Å². The first-order valence-corrected chi connectivity index (χ1v) is 4.54. The molecule has 0 aliphatic rings. The molecule has 0 aromatic heterocycles. The van der Waals surface area contributed by atoms with E-state index >= 15 is 0 Å². The van der Waals surface area contributed by atoms with Crippen molar-refractivity contribution in [2.24, 2.45) is 0 Å². The zero-order valence-electron chi connectivity index (χ0n) is 8.20. The summed E-state index contributed by atoms with van der Waals surface area (Å²) in [5.74, 6) is -1.20. The van der Waals surface area contributed by atoms with E-state index in [1.165, 1.54) is 6.07 Å². The Morgan fingerprint density at radius 1 is 1.23 bits per heavy atom. The second-order valence-corrected chi connectivity index (χ2v) is 3.48. The summed E-state index contributed by atoms with van der Waals surface area (Å²) in [7, 11) is 0. The summed E-state index contributed by atoms with van der Waals surface area (Å²) >= 11 is 0. The fourth-order valence-corrected chi connectivity index (χ4v) is 1.26. The molecule has 1 aromatic carbocycles. The van der Waals surface area contributed by atoms with E-state index in [-0.39, 0.29) is 5.92 Å². The normalized spacial score (nSPS) is 10.9. The highest BCUT2D eigenvalue weighted by atomic mass is 19.2. The van der Waals surface area contributed by atoms with Crippen LogP contribution in [-0.4, -0.2) is 0 Å². The minimum absolute atomic E-state index is 0.236. The Morgan fingerprint density at radius 3 is 2.31 bits per heavy atom. The van der Waals surface area contributed by atoms with Gasteiger partial charge in [0.1, 0.15) is 0 Å². The highest BCUT2D eigenvalue weighted by Crippen LogP contribution is 2.21. The van der Waals surface area contributed by atoms with Crippen LogP contribution in [0.25, 0.3) is 0 Å². The van der Waals surface area contributed by atoms with Gasteiger partial charge >= 0.3 is 0 Å². The van der Waals surface area contributed by atoms with E-state index < -0.39 is 11.6 Å². The fourth-order valence-electron chi connectivity index (χ4n) is 1.26. The zero-order chi connectivity index (χ0) is 10.0. The molecule has 0 nitrogen and oxygen atoms in total. The van der Waals surface area contributed by atoms with Crippen molar-refractivity contribution >= 4 is 0 Å². The van der Waals surface area contributed by atoms with Crippen molar-refractivity contribution in [3.8, 4) is 0 Å². The second kappa shape index (κ2) is 3.86. The Labute approximate surface area is 77.6 Å². The largest absolute Gasteiger partial charge is 0.204 e. The summed E-state index contributed by atoms with van der Waals surface area (Å²) in [6.45, 7) is 5.75. The predicted molar refractivity (Wildman–Crippen MR) is 49.8 cm³/mol. The van der Waals surface area contributed by atoms with Crippen LogP contribution in [0.4, 0.5) is 8.78 Å². The van der Waals surface area contributed by atoms with E-state index in [0.717, 1.165) is 5.56 Å². The Kier molecular flexibility index (Phi) is 3.02. The molecule has 0 aliphatic carbocycles. The molecule has 0 spiro atoms. The van der Waals surface area contributed by atoms with E-state index in [4.69, 9.17) is 0 Å². The maximum atomic E-state index is 13.1. The average Bonchev–Trinajstić information content (AvgIpc) is 2.09. The van der Waals surface area contributed by atoms with Crippen LogP contribution in [-0.2, 0) is 6.42 Å². The van der Waals surface area contributed by atoms with Crippen molar-refractivity contribution in [2.45, 2.75) is 33.1 Å². The Morgan fingerprint density at radius 2 is 1.85 bits per heavy atom. The third kappa shape index (κ3) is 2.06. The van der Waals surface area contributed by atoms with Crippen molar-refractivity contribution < 1.29 is 8.78 Å². The summed E-state index contributed by atoms with van der Waals surface area (Å²) in [5, 5.41) is 0. The minimum Gasteiger partial charge on any atom is -0.204 e. The van der Waals surface area contributed by atoms with Gasteiger partial charge in [0, 0.05) is 0 Å². The lowest BCUT2D eigenvalue weighted by molar-refractivity contribution is 0.497. The highest BCUT2D eigenvalue weighted by Gasteiger charge is 2.10. The van der Waals surface area contributed by atoms with Gasteiger partial charge in [-0.25, -0.2) is 8.78 Å². The lowest BCUT2D eigenvalue weighted by atomic mass is 9.99. The minimum atomic E-state index is -0.733. The monoisotopic (exact) mass is 184 g/mol. The molecule has 72 valence electrons. The van der Waals surface area contributed by atoms with Crippen LogP contribution in [0.5, 0.6) is 0 Å².